The van der Waals surface area contributed by atoms with Crippen molar-refractivity contribution < 1.29 is 9.13 Å². The van der Waals surface area contributed by atoms with Crippen LogP contribution >= 0.6 is 11.6 Å². The lowest BCUT2D eigenvalue weighted by molar-refractivity contribution is 0.289. The van der Waals surface area contributed by atoms with Gasteiger partial charge in [-0.1, -0.05) is 23.7 Å². The predicted molar refractivity (Wildman–Crippen MR) is 71.0 cm³/mol. The summed E-state index contributed by atoms with van der Waals surface area (Å²) in [6, 6.07) is 7.92. The van der Waals surface area contributed by atoms with Gasteiger partial charge in [0.2, 0.25) is 0 Å². The number of halogens is 2. The molecule has 0 radical (unpaired) electrons. The van der Waals surface area contributed by atoms with Crippen molar-refractivity contribution in [2.24, 2.45) is 5.73 Å². The van der Waals surface area contributed by atoms with Crippen LogP contribution < -0.4 is 10.5 Å². The lowest BCUT2D eigenvalue weighted by Gasteiger charge is -2.10. The first kappa shape index (κ1) is 13.3. The molecule has 0 aliphatic rings. The van der Waals surface area contributed by atoms with E-state index in [1.54, 1.807) is 18.2 Å². The molecule has 1 heterocycles. The third-order valence-electron chi connectivity index (χ3n) is 2.45. The number of hydrogen-bond donors (Lipinski definition) is 2. The van der Waals surface area contributed by atoms with Gasteiger partial charge in [0.15, 0.2) is 11.6 Å². The Kier molecular flexibility index (Phi) is 3.97. The molecule has 98 valence electrons. The van der Waals surface area contributed by atoms with Crippen molar-refractivity contribution in [3.05, 3.63) is 58.6 Å². The van der Waals surface area contributed by atoms with E-state index in [2.05, 4.69) is 4.98 Å². The highest BCUT2D eigenvalue weighted by atomic mass is 35.5. The lowest BCUT2D eigenvalue weighted by Crippen LogP contribution is -2.16. The van der Waals surface area contributed by atoms with Gasteiger partial charge < -0.3 is 10.5 Å². The zero-order valence-electron chi connectivity index (χ0n) is 9.86. The maximum atomic E-state index is 13.6. The normalized spacial score (nSPS) is 10.2. The SMILES string of the molecule is N=C(N)c1ncccc1COc1cccc(Cl)c1F. The molecule has 0 aliphatic heterocycles. The number of pyridine rings is 1. The molecule has 0 amide bonds. The molecule has 0 spiro atoms. The van der Waals surface area contributed by atoms with Gasteiger partial charge in [-0.05, 0) is 18.2 Å². The fourth-order valence-electron chi connectivity index (χ4n) is 1.55. The van der Waals surface area contributed by atoms with Crippen LogP contribution in [0.5, 0.6) is 5.75 Å². The number of amidine groups is 1. The Morgan fingerprint density at radius 1 is 1.37 bits per heavy atom. The Bertz CT molecular complexity index is 619. The third-order valence-corrected chi connectivity index (χ3v) is 2.74. The smallest absolute Gasteiger partial charge is 0.183 e. The van der Waals surface area contributed by atoms with Crippen LogP contribution in [0.1, 0.15) is 11.3 Å². The van der Waals surface area contributed by atoms with Crippen molar-refractivity contribution in [1.82, 2.24) is 4.98 Å². The average Bonchev–Trinajstić information content (AvgIpc) is 2.40. The minimum atomic E-state index is -0.613. The first-order valence-corrected chi connectivity index (χ1v) is 5.82. The standard InChI is InChI=1S/C13H11ClFN3O/c14-9-4-1-5-10(11(9)15)19-7-8-3-2-6-18-12(8)13(16)17/h1-6H,7H2,(H3,16,17). The van der Waals surface area contributed by atoms with Gasteiger partial charge in [-0.2, -0.15) is 0 Å². The number of aromatic nitrogens is 1. The number of nitrogen functional groups attached to an aromatic ring is 1. The van der Waals surface area contributed by atoms with Crippen molar-refractivity contribution in [3.63, 3.8) is 0 Å². The molecule has 3 N–H and O–H groups in total. The van der Waals surface area contributed by atoms with Crippen LogP contribution in [-0.4, -0.2) is 10.8 Å². The van der Waals surface area contributed by atoms with Gasteiger partial charge in [0.1, 0.15) is 18.1 Å². The van der Waals surface area contributed by atoms with Gasteiger partial charge >= 0.3 is 0 Å². The summed E-state index contributed by atoms with van der Waals surface area (Å²) >= 11 is 5.66. The molecule has 0 unspecified atom stereocenters. The van der Waals surface area contributed by atoms with Crippen LogP contribution in [0.25, 0.3) is 0 Å². The van der Waals surface area contributed by atoms with Gasteiger partial charge in [0.25, 0.3) is 0 Å². The molecule has 1 aromatic carbocycles. The maximum Gasteiger partial charge on any atom is 0.183 e. The maximum absolute atomic E-state index is 13.6. The summed E-state index contributed by atoms with van der Waals surface area (Å²) in [5, 5.41) is 7.40. The quantitative estimate of drug-likeness (QED) is 0.668. The Hall–Kier alpha value is -2.14. The second-order valence-electron chi connectivity index (χ2n) is 3.77. The minimum Gasteiger partial charge on any atom is -0.486 e. The number of nitrogens with zero attached hydrogens (tertiary/aromatic N) is 1. The molecule has 0 saturated carbocycles. The van der Waals surface area contributed by atoms with Crippen molar-refractivity contribution in [2.45, 2.75) is 6.61 Å². The zero-order valence-corrected chi connectivity index (χ0v) is 10.6. The van der Waals surface area contributed by atoms with Crippen LogP contribution in [0.2, 0.25) is 5.02 Å². The highest BCUT2D eigenvalue weighted by molar-refractivity contribution is 6.30. The largest absolute Gasteiger partial charge is 0.486 e. The van der Waals surface area contributed by atoms with Crippen molar-refractivity contribution in [1.29, 1.82) is 5.41 Å². The Morgan fingerprint density at radius 3 is 2.89 bits per heavy atom. The number of ether oxygens (including phenoxy) is 1. The number of nitrogens with two attached hydrogens (primary N) is 1. The van der Waals surface area contributed by atoms with Gasteiger partial charge in [0.05, 0.1) is 5.02 Å². The molecule has 2 aromatic rings. The van der Waals surface area contributed by atoms with E-state index in [0.717, 1.165) is 0 Å². The number of benzene rings is 1. The Labute approximate surface area is 114 Å². The van der Waals surface area contributed by atoms with E-state index in [1.807, 2.05) is 0 Å². The topological polar surface area (TPSA) is 72.0 Å². The molecule has 4 nitrogen and oxygen atoms in total. The molecule has 0 atom stereocenters. The first-order chi connectivity index (χ1) is 9.09. The summed E-state index contributed by atoms with van der Waals surface area (Å²) < 4.78 is 19.0. The molecule has 6 heteroatoms. The molecular weight excluding hydrogens is 269 g/mol. The fraction of sp³-hybridized carbons (Fsp3) is 0.0769. The lowest BCUT2D eigenvalue weighted by atomic mass is 10.2. The summed E-state index contributed by atoms with van der Waals surface area (Å²) in [7, 11) is 0. The van der Waals surface area contributed by atoms with E-state index in [9.17, 15) is 4.39 Å². The van der Waals surface area contributed by atoms with Gasteiger partial charge in [-0.3, -0.25) is 10.4 Å². The molecule has 0 saturated heterocycles. The number of rotatable bonds is 4. The van der Waals surface area contributed by atoms with E-state index < -0.39 is 5.82 Å². The van der Waals surface area contributed by atoms with Crippen LogP contribution in [-0.2, 0) is 6.61 Å². The Morgan fingerprint density at radius 2 is 2.16 bits per heavy atom. The third kappa shape index (κ3) is 3.00. The van der Waals surface area contributed by atoms with Crippen LogP contribution in [0, 0.1) is 11.2 Å². The molecular formula is C13H11ClFN3O. The monoisotopic (exact) mass is 279 g/mol. The predicted octanol–water partition coefficient (Wildman–Crippen LogP) is 2.74. The van der Waals surface area contributed by atoms with Crippen LogP contribution in [0.3, 0.4) is 0 Å². The minimum absolute atomic E-state index is 0.00419. The van der Waals surface area contributed by atoms with E-state index in [4.69, 9.17) is 27.5 Å². The van der Waals surface area contributed by atoms with Crippen LogP contribution in [0.4, 0.5) is 4.39 Å². The van der Waals surface area contributed by atoms with Crippen molar-refractivity contribution in [2.75, 3.05) is 0 Å². The summed E-state index contributed by atoms with van der Waals surface area (Å²) in [4.78, 5) is 3.98. The Balaban J connectivity index is 2.19. The molecule has 0 fully saturated rings. The van der Waals surface area contributed by atoms with Gasteiger partial charge in [-0.25, -0.2) is 4.39 Å². The highest BCUT2D eigenvalue weighted by Gasteiger charge is 2.10. The van der Waals surface area contributed by atoms with E-state index in [1.165, 1.54) is 18.3 Å². The van der Waals surface area contributed by atoms with E-state index >= 15 is 0 Å². The summed E-state index contributed by atoms with van der Waals surface area (Å²) in [5.74, 6) is -0.728. The van der Waals surface area contributed by atoms with Crippen molar-refractivity contribution in [3.8, 4) is 5.75 Å². The second kappa shape index (κ2) is 5.67. The number of hydrogen-bond acceptors (Lipinski definition) is 3. The zero-order chi connectivity index (χ0) is 13.8. The van der Waals surface area contributed by atoms with Gasteiger partial charge in [-0.15, -0.1) is 0 Å². The average molecular weight is 280 g/mol. The van der Waals surface area contributed by atoms with E-state index in [0.29, 0.717) is 11.3 Å². The molecule has 0 bridgehead atoms. The van der Waals surface area contributed by atoms with Gasteiger partial charge in [0, 0.05) is 11.8 Å². The molecule has 1 aromatic heterocycles. The molecule has 19 heavy (non-hydrogen) atoms. The van der Waals surface area contributed by atoms with Crippen molar-refractivity contribution >= 4 is 17.4 Å². The highest BCUT2D eigenvalue weighted by Crippen LogP contribution is 2.25. The van der Waals surface area contributed by atoms with Crippen LogP contribution in [0.15, 0.2) is 36.5 Å². The first-order valence-electron chi connectivity index (χ1n) is 5.44. The fourth-order valence-corrected chi connectivity index (χ4v) is 1.71. The summed E-state index contributed by atoms with van der Waals surface area (Å²) in [6.07, 6.45) is 1.53. The molecule has 2 rings (SSSR count). The summed E-state index contributed by atoms with van der Waals surface area (Å²) in [5.41, 5.74) is 6.34. The summed E-state index contributed by atoms with van der Waals surface area (Å²) in [6.45, 7) is 0.0556. The van der Waals surface area contributed by atoms with E-state index in [-0.39, 0.29) is 23.2 Å². The molecule has 0 aliphatic carbocycles. The second-order valence-corrected chi connectivity index (χ2v) is 4.17. The number of nitrogens with one attached hydrogen (secondary N) is 1.